The first kappa shape index (κ1) is 26.9. The smallest absolute Gasteiger partial charge is 0.348 e. The van der Waals surface area contributed by atoms with Crippen molar-refractivity contribution >= 4 is 51.4 Å². The number of amidine groups is 1. The Morgan fingerprint density at radius 2 is 1.90 bits per heavy atom. The average molecular weight is 585 g/mol. The normalized spacial score (nSPS) is 19.5. The Morgan fingerprint density at radius 3 is 2.60 bits per heavy atom. The summed E-state index contributed by atoms with van der Waals surface area (Å²) in [5, 5.41) is 15.1. The molecule has 3 aliphatic rings. The van der Waals surface area contributed by atoms with Crippen LogP contribution in [-0.2, 0) is 17.5 Å². The van der Waals surface area contributed by atoms with E-state index in [1.165, 1.54) is 41.4 Å². The maximum absolute atomic E-state index is 13.6. The van der Waals surface area contributed by atoms with Crippen LogP contribution in [0.3, 0.4) is 0 Å². The number of hydrogen-bond acceptors (Lipinski definition) is 6. The first-order chi connectivity index (χ1) is 19.2. The van der Waals surface area contributed by atoms with Crippen LogP contribution in [0.25, 0.3) is 17.0 Å². The van der Waals surface area contributed by atoms with Gasteiger partial charge < -0.3 is 4.90 Å². The summed E-state index contributed by atoms with van der Waals surface area (Å²) in [6.07, 6.45) is -0.201. The topological polar surface area (TPSA) is 77.5 Å². The van der Waals surface area contributed by atoms with Gasteiger partial charge in [-0.15, -0.1) is 0 Å². The number of carbonyl (C=O) groups is 1. The second kappa shape index (κ2) is 10.6. The first-order valence-electron chi connectivity index (χ1n) is 12.9. The van der Waals surface area contributed by atoms with E-state index in [1.807, 2.05) is 6.07 Å². The van der Waals surface area contributed by atoms with Gasteiger partial charge in [0, 0.05) is 43.1 Å². The van der Waals surface area contributed by atoms with Gasteiger partial charge in [0.2, 0.25) is 0 Å². The lowest BCUT2D eigenvalue weighted by Crippen LogP contribution is -2.48. The van der Waals surface area contributed by atoms with E-state index in [0.717, 1.165) is 44.7 Å². The molecule has 7 nitrogen and oxygen atoms in total. The summed E-state index contributed by atoms with van der Waals surface area (Å²) in [5.74, 6) is 0.542. The molecule has 12 heteroatoms. The van der Waals surface area contributed by atoms with E-state index < -0.39 is 11.7 Å². The van der Waals surface area contributed by atoms with Gasteiger partial charge in [-0.25, -0.2) is 0 Å². The molecular formula is C28H24ClF3N6OS. The lowest BCUT2D eigenvalue weighted by atomic mass is 10.1. The summed E-state index contributed by atoms with van der Waals surface area (Å²) in [6, 6.07) is 10.8. The van der Waals surface area contributed by atoms with Crippen LogP contribution in [-0.4, -0.2) is 63.4 Å². The number of carbonyl (C=O) groups excluding carboxylic acids is 1. The van der Waals surface area contributed by atoms with Crippen molar-refractivity contribution in [3.8, 4) is 6.07 Å². The highest BCUT2D eigenvalue weighted by Gasteiger charge is 2.34. The number of nitriles is 1. The number of hydrogen-bond donors (Lipinski definition) is 0. The van der Waals surface area contributed by atoms with Crippen molar-refractivity contribution in [3.63, 3.8) is 0 Å². The van der Waals surface area contributed by atoms with Crippen LogP contribution in [0.15, 0.2) is 46.3 Å². The Labute approximate surface area is 237 Å². The molecule has 6 rings (SSSR count). The fourth-order valence-electron chi connectivity index (χ4n) is 5.07. The van der Waals surface area contributed by atoms with E-state index in [2.05, 4.69) is 19.9 Å². The fraction of sp³-hybridized carbons (Fsp3) is 0.357. The molecule has 0 bridgehead atoms. The third-order valence-electron chi connectivity index (χ3n) is 7.34. The number of aromatic nitrogens is 2. The Balaban J connectivity index is 1.21. The molecule has 1 aliphatic carbocycles. The van der Waals surface area contributed by atoms with E-state index in [-0.39, 0.29) is 28.7 Å². The third kappa shape index (κ3) is 5.61. The fourth-order valence-corrected chi connectivity index (χ4v) is 6.21. The van der Waals surface area contributed by atoms with Gasteiger partial charge in [0.25, 0.3) is 5.91 Å². The predicted octanol–water partition coefficient (Wildman–Crippen LogP) is 5.63. The first-order valence-corrected chi connectivity index (χ1v) is 14.1. The zero-order valence-corrected chi connectivity index (χ0v) is 22.9. The monoisotopic (exact) mass is 584 g/mol. The molecule has 0 spiro atoms. The largest absolute Gasteiger partial charge is 0.416 e. The van der Waals surface area contributed by atoms with Crippen molar-refractivity contribution in [2.24, 2.45) is 10.9 Å². The zero-order valence-electron chi connectivity index (χ0n) is 21.3. The number of aliphatic imine (C=N–C) groups is 1. The highest BCUT2D eigenvalue weighted by atomic mass is 35.5. The molecule has 2 aliphatic heterocycles. The predicted molar refractivity (Wildman–Crippen MR) is 149 cm³/mol. The number of thioether (sulfide) groups is 1. The van der Waals surface area contributed by atoms with Gasteiger partial charge in [-0.05, 0) is 72.0 Å². The van der Waals surface area contributed by atoms with Crippen molar-refractivity contribution in [2.75, 3.05) is 32.7 Å². The van der Waals surface area contributed by atoms with Crippen LogP contribution in [0.2, 0.25) is 5.02 Å². The van der Waals surface area contributed by atoms with Gasteiger partial charge in [0.15, 0.2) is 10.9 Å². The quantitative estimate of drug-likeness (QED) is 0.362. The Morgan fingerprint density at radius 1 is 1.12 bits per heavy atom. The van der Waals surface area contributed by atoms with E-state index in [4.69, 9.17) is 11.6 Å². The maximum atomic E-state index is 13.6. The molecule has 2 fully saturated rings. The number of nitrogens with zero attached hydrogens (tertiary/aromatic N) is 6. The Kier molecular flexibility index (Phi) is 7.10. The van der Waals surface area contributed by atoms with Gasteiger partial charge in [-0.2, -0.15) is 28.5 Å². The van der Waals surface area contributed by atoms with E-state index >= 15 is 0 Å². The summed E-state index contributed by atoms with van der Waals surface area (Å²) < 4.78 is 42.2. The number of alkyl halides is 3. The summed E-state index contributed by atoms with van der Waals surface area (Å²) >= 11 is 7.15. The second-order valence-corrected chi connectivity index (χ2v) is 11.7. The number of halogens is 4. The minimum absolute atomic E-state index is 0.0111. The zero-order chi connectivity index (χ0) is 28.0. The molecule has 0 radical (unpaired) electrons. The van der Waals surface area contributed by atoms with Gasteiger partial charge >= 0.3 is 6.18 Å². The van der Waals surface area contributed by atoms with Gasteiger partial charge in [-0.3, -0.25) is 14.4 Å². The minimum Gasteiger partial charge on any atom is -0.348 e. The van der Waals surface area contributed by atoms with Gasteiger partial charge in [0.1, 0.15) is 6.07 Å². The summed E-state index contributed by atoms with van der Waals surface area (Å²) in [6.45, 7) is 4.55. The highest BCUT2D eigenvalue weighted by molar-refractivity contribution is 8.18. The second-order valence-electron chi connectivity index (χ2n) is 10.2. The minimum atomic E-state index is -4.59. The van der Waals surface area contributed by atoms with Crippen LogP contribution in [0.5, 0.6) is 0 Å². The van der Waals surface area contributed by atoms with E-state index in [1.54, 1.807) is 24.3 Å². The molecule has 0 N–H and O–H groups in total. The maximum Gasteiger partial charge on any atom is 0.416 e. The van der Waals surface area contributed by atoms with Crippen LogP contribution in [0, 0.1) is 17.2 Å². The summed E-state index contributed by atoms with van der Waals surface area (Å²) in [7, 11) is 0. The molecule has 1 saturated heterocycles. The molecule has 1 saturated carbocycles. The molecule has 40 heavy (non-hydrogen) atoms. The van der Waals surface area contributed by atoms with E-state index in [9.17, 15) is 23.2 Å². The molecular weight excluding hydrogens is 561 g/mol. The molecule has 206 valence electrons. The van der Waals surface area contributed by atoms with Crippen LogP contribution >= 0.6 is 23.4 Å². The summed E-state index contributed by atoms with van der Waals surface area (Å²) in [4.78, 5) is 22.1. The third-order valence-corrected chi connectivity index (χ3v) is 8.62. The van der Waals surface area contributed by atoms with Crippen LogP contribution < -0.4 is 0 Å². The van der Waals surface area contributed by atoms with Gasteiger partial charge in [0.05, 0.1) is 22.5 Å². The van der Waals surface area contributed by atoms with Gasteiger partial charge in [-0.1, -0.05) is 23.7 Å². The molecule has 3 aromatic rings. The molecule has 1 aromatic heterocycles. The molecule has 2 aromatic carbocycles. The SMILES string of the molecule is N#Cc1nn(Cc2ccc(Cl)cc2C(F)(F)F)c2ccc(C=C3SC(N4CCN(CC5CC5)CC4)=NC3=O)cc12. The Hall–Kier alpha value is -3.33. The standard InChI is InChI=1S/C28H24ClF3N6OS/c29-20-5-4-19(22(13-20)28(30,31)32)16-38-24-6-3-18(11-21(24)23(14-33)35-38)12-25-26(39)34-27(40-25)37-9-7-36(8-10-37)15-17-1-2-17/h3-6,11-13,17H,1-2,7-10,15-16H2. The number of fused-ring (bicyclic) bond motifs is 1. The number of piperazine rings is 1. The van der Waals surface area contributed by atoms with Crippen molar-refractivity contribution in [1.82, 2.24) is 19.6 Å². The van der Waals surface area contributed by atoms with Crippen molar-refractivity contribution in [3.05, 3.63) is 68.7 Å². The number of amides is 1. The van der Waals surface area contributed by atoms with Crippen LogP contribution in [0.1, 0.15) is 35.2 Å². The van der Waals surface area contributed by atoms with Crippen LogP contribution in [0.4, 0.5) is 13.2 Å². The number of rotatable bonds is 5. The van der Waals surface area contributed by atoms with Crippen molar-refractivity contribution in [2.45, 2.75) is 25.6 Å². The molecule has 0 atom stereocenters. The molecule has 3 heterocycles. The molecule has 0 unspecified atom stereocenters. The molecule has 1 amide bonds. The van der Waals surface area contributed by atoms with Crippen molar-refractivity contribution < 1.29 is 18.0 Å². The lowest BCUT2D eigenvalue weighted by molar-refractivity contribution is -0.138. The lowest BCUT2D eigenvalue weighted by Gasteiger charge is -2.35. The average Bonchev–Trinajstić information content (AvgIpc) is 3.57. The van der Waals surface area contributed by atoms with Crippen molar-refractivity contribution in [1.29, 1.82) is 5.26 Å². The number of benzene rings is 2. The van der Waals surface area contributed by atoms with E-state index in [0.29, 0.717) is 26.5 Å². The highest BCUT2D eigenvalue weighted by Crippen LogP contribution is 2.36. The Bertz CT molecular complexity index is 1600. The summed E-state index contributed by atoms with van der Waals surface area (Å²) in [5.41, 5.74) is 0.411.